The van der Waals surface area contributed by atoms with Crippen molar-refractivity contribution in [3.63, 3.8) is 0 Å². The first kappa shape index (κ1) is 15.4. The molecule has 0 spiro atoms. The van der Waals surface area contributed by atoms with Crippen molar-refractivity contribution in [3.8, 4) is 0 Å². The zero-order valence-electron chi connectivity index (χ0n) is 10.8. The van der Waals surface area contributed by atoms with Gasteiger partial charge in [-0.2, -0.15) is 0 Å². The molecule has 1 amide bonds. The van der Waals surface area contributed by atoms with Crippen LogP contribution < -0.4 is 5.32 Å². The maximum absolute atomic E-state index is 11.6. The number of benzene rings is 1. The van der Waals surface area contributed by atoms with E-state index in [1.165, 1.54) is 6.08 Å². The first-order chi connectivity index (χ1) is 8.88. The Hall–Kier alpha value is -1.62. The van der Waals surface area contributed by atoms with Crippen LogP contribution in [0.4, 0.5) is 0 Å². The van der Waals surface area contributed by atoms with Gasteiger partial charge in [-0.05, 0) is 37.1 Å². The van der Waals surface area contributed by atoms with Gasteiger partial charge in [0.2, 0.25) is 5.91 Å². The van der Waals surface area contributed by atoms with Gasteiger partial charge >= 0.3 is 5.97 Å². The molecule has 1 rings (SSSR count). The van der Waals surface area contributed by atoms with Crippen molar-refractivity contribution < 1.29 is 14.7 Å². The lowest BCUT2D eigenvalue weighted by Gasteiger charge is -2.09. The third-order valence-electron chi connectivity index (χ3n) is 2.44. The van der Waals surface area contributed by atoms with Crippen LogP contribution in [-0.4, -0.2) is 23.0 Å². The summed E-state index contributed by atoms with van der Waals surface area (Å²) < 4.78 is 0.912. The van der Waals surface area contributed by atoms with Gasteiger partial charge in [-0.25, -0.2) is 0 Å². The van der Waals surface area contributed by atoms with Crippen LogP contribution in [0, 0.1) is 6.92 Å². The number of nitrogens with one attached hydrogen (secondary N) is 1. The maximum atomic E-state index is 11.6. The number of amides is 1. The van der Waals surface area contributed by atoms with Crippen molar-refractivity contribution in [2.45, 2.75) is 26.3 Å². The highest BCUT2D eigenvalue weighted by atomic mass is 79.9. The summed E-state index contributed by atoms with van der Waals surface area (Å²) in [5.74, 6) is -1.24. The number of carboxylic acid groups (broad SMARTS) is 1. The van der Waals surface area contributed by atoms with E-state index in [0.29, 0.717) is 0 Å². The standard InChI is InChI=1S/C14H16BrNO3/c1-9-3-4-11(12(15)7-9)5-6-13(17)16-10(2)8-14(18)19/h3-7,10H,8H2,1-2H3,(H,16,17)(H,18,19)/b6-5+. The van der Waals surface area contributed by atoms with Crippen LogP contribution in [0.3, 0.4) is 0 Å². The normalized spacial score (nSPS) is 12.4. The minimum Gasteiger partial charge on any atom is -0.481 e. The summed E-state index contributed by atoms with van der Waals surface area (Å²) in [6.07, 6.45) is 2.99. The lowest BCUT2D eigenvalue weighted by molar-refractivity contribution is -0.137. The number of hydrogen-bond donors (Lipinski definition) is 2. The van der Waals surface area contributed by atoms with E-state index in [2.05, 4.69) is 21.2 Å². The van der Waals surface area contributed by atoms with Gasteiger partial charge in [0.15, 0.2) is 0 Å². The van der Waals surface area contributed by atoms with Crippen LogP contribution in [0.2, 0.25) is 0 Å². The number of halogens is 1. The maximum Gasteiger partial charge on any atom is 0.305 e. The van der Waals surface area contributed by atoms with E-state index in [1.54, 1.807) is 13.0 Å². The molecule has 0 fully saturated rings. The predicted molar refractivity (Wildman–Crippen MR) is 77.8 cm³/mol. The summed E-state index contributed by atoms with van der Waals surface area (Å²) in [7, 11) is 0. The van der Waals surface area contributed by atoms with Crippen LogP contribution in [0.5, 0.6) is 0 Å². The second kappa shape index (κ2) is 7.09. The van der Waals surface area contributed by atoms with Gasteiger partial charge in [-0.1, -0.05) is 28.1 Å². The number of aliphatic carboxylic acids is 1. The fourth-order valence-electron chi connectivity index (χ4n) is 1.54. The Morgan fingerprint density at radius 3 is 2.74 bits per heavy atom. The predicted octanol–water partition coefficient (Wildman–Crippen LogP) is 2.75. The van der Waals surface area contributed by atoms with Crippen molar-refractivity contribution in [2.75, 3.05) is 0 Å². The molecule has 2 N–H and O–H groups in total. The van der Waals surface area contributed by atoms with Crippen LogP contribution in [0.15, 0.2) is 28.7 Å². The third kappa shape index (κ3) is 5.70. The molecular weight excluding hydrogens is 310 g/mol. The zero-order valence-corrected chi connectivity index (χ0v) is 12.4. The van der Waals surface area contributed by atoms with Gasteiger partial charge in [0, 0.05) is 16.6 Å². The lowest BCUT2D eigenvalue weighted by atomic mass is 10.1. The van der Waals surface area contributed by atoms with Crippen molar-refractivity contribution in [1.82, 2.24) is 5.32 Å². The molecule has 0 aliphatic heterocycles. The molecule has 1 aromatic carbocycles. The Kier molecular flexibility index (Phi) is 5.76. The van der Waals surface area contributed by atoms with Crippen molar-refractivity contribution in [2.24, 2.45) is 0 Å². The van der Waals surface area contributed by atoms with Crippen LogP contribution in [0.25, 0.3) is 6.08 Å². The summed E-state index contributed by atoms with van der Waals surface area (Å²) in [5, 5.41) is 11.2. The minimum atomic E-state index is -0.932. The average molecular weight is 326 g/mol. The average Bonchev–Trinajstić information content (AvgIpc) is 2.26. The molecular formula is C14H16BrNO3. The Labute approximate surface area is 120 Å². The largest absolute Gasteiger partial charge is 0.481 e. The Morgan fingerprint density at radius 2 is 2.16 bits per heavy atom. The summed E-state index contributed by atoms with van der Waals surface area (Å²) >= 11 is 3.42. The van der Waals surface area contributed by atoms with E-state index >= 15 is 0 Å². The topological polar surface area (TPSA) is 66.4 Å². The molecule has 0 heterocycles. The van der Waals surface area contributed by atoms with Crippen LogP contribution in [0.1, 0.15) is 24.5 Å². The Bertz CT molecular complexity index is 511. The molecule has 0 aliphatic rings. The summed E-state index contributed by atoms with van der Waals surface area (Å²) in [6.45, 7) is 3.64. The van der Waals surface area contributed by atoms with Crippen LogP contribution >= 0.6 is 15.9 Å². The Balaban J connectivity index is 2.61. The van der Waals surface area contributed by atoms with Crippen LogP contribution in [-0.2, 0) is 9.59 Å². The third-order valence-corrected chi connectivity index (χ3v) is 3.13. The van der Waals surface area contributed by atoms with E-state index in [4.69, 9.17) is 5.11 Å². The molecule has 5 heteroatoms. The second-order valence-electron chi connectivity index (χ2n) is 4.37. The van der Waals surface area contributed by atoms with Crippen molar-refractivity contribution in [3.05, 3.63) is 39.9 Å². The summed E-state index contributed by atoms with van der Waals surface area (Å²) in [5.41, 5.74) is 2.02. The smallest absolute Gasteiger partial charge is 0.305 e. The van der Waals surface area contributed by atoms with E-state index in [0.717, 1.165) is 15.6 Å². The number of rotatable bonds is 5. The molecule has 0 radical (unpaired) electrons. The molecule has 0 bridgehead atoms. The molecule has 19 heavy (non-hydrogen) atoms. The minimum absolute atomic E-state index is 0.0895. The summed E-state index contributed by atoms with van der Waals surface area (Å²) in [4.78, 5) is 22.1. The zero-order chi connectivity index (χ0) is 14.4. The number of aryl methyl sites for hydroxylation is 1. The van der Waals surface area contributed by atoms with E-state index < -0.39 is 12.0 Å². The summed E-state index contributed by atoms with van der Waals surface area (Å²) in [6, 6.07) is 5.43. The fourth-order valence-corrected chi connectivity index (χ4v) is 2.16. The van der Waals surface area contributed by atoms with E-state index in [1.807, 2.05) is 25.1 Å². The molecule has 4 nitrogen and oxygen atoms in total. The number of carbonyl (C=O) groups is 2. The fraction of sp³-hybridized carbons (Fsp3) is 0.286. The van der Waals surface area contributed by atoms with Gasteiger partial charge in [0.05, 0.1) is 6.42 Å². The Morgan fingerprint density at radius 1 is 1.47 bits per heavy atom. The highest BCUT2D eigenvalue weighted by Crippen LogP contribution is 2.19. The molecule has 0 aromatic heterocycles. The van der Waals surface area contributed by atoms with Gasteiger partial charge in [0.25, 0.3) is 0 Å². The van der Waals surface area contributed by atoms with Gasteiger partial charge in [0.1, 0.15) is 0 Å². The highest BCUT2D eigenvalue weighted by Gasteiger charge is 2.08. The van der Waals surface area contributed by atoms with Crippen molar-refractivity contribution in [1.29, 1.82) is 0 Å². The quantitative estimate of drug-likeness (QED) is 0.818. The molecule has 1 atom stereocenters. The second-order valence-corrected chi connectivity index (χ2v) is 5.22. The number of carboxylic acids is 1. The highest BCUT2D eigenvalue weighted by molar-refractivity contribution is 9.10. The molecule has 102 valence electrons. The lowest BCUT2D eigenvalue weighted by Crippen LogP contribution is -2.32. The first-order valence-electron chi connectivity index (χ1n) is 5.85. The molecule has 1 unspecified atom stereocenters. The van der Waals surface area contributed by atoms with Gasteiger partial charge in [-0.15, -0.1) is 0 Å². The molecule has 0 saturated heterocycles. The SMILES string of the molecule is Cc1ccc(/C=C/C(=O)NC(C)CC(=O)O)c(Br)c1. The molecule has 0 saturated carbocycles. The molecule has 0 aliphatic carbocycles. The van der Waals surface area contributed by atoms with Gasteiger partial charge in [-0.3, -0.25) is 9.59 Å². The molecule has 1 aromatic rings. The monoisotopic (exact) mass is 325 g/mol. The number of carbonyl (C=O) groups excluding carboxylic acids is 1. The van der Waals surface area contributed by atoms with E-state index in [9.17, 15) is 9.59 Å². The van der Waals surface area contributed by atoms with Gasteiger partial charge < -0.3 is 10.4 Å². The van der Waals surface area contributed by atoms with E-state index in [-0.39, 0.29) is 12.3 Å². The number of hydrogen-bond acceptors (Lipinski definition) is 2. The first-order valence-corrected chi connectivity index (χ1v) is 6.64. The van der Waals surface area contributed by atoms with Crippen molar-refractivity contribution >= 4 is 33.9 Å².